The van der Waals surface area contributed by atoms with Crippen LogP contribution in [0.25, 0.3) is 0 Å². The molecule has 0 amide bonds. The largest absolute Gasteiger partial charge is 0.375 e. The summed E-state index contributed by atoms with van der Waals surface area (Å²) < 4.78 is 5.98. The van der Waals surface area contributed by atoms with Gasteiger partial charge in [-0.25, -0.2) is 0 Å². The molecule has 1 aromatic heterocycles. The van der Waals surface area contributed by atoms with Crippen molar-refractivity contribution in [1.29, 1.82) is 0 Å². The summed E-state index contributed by atoms with van der Waals surface area (Å²) in [6.07, 6.45) is 8.56. The molecule has 21 heavy (non-hydrogen) atoms. The summed E-state index contributed by atoms with van der Waals surface area (Å²) in [7, 11) is 0. The minimum Gasteiger partial charge on any atom is -0.375 e. The number of nitrogens with zero attached hydrogens (tertiary/aromatic N) is 1. The summed E-state index contributed by atoms with van der Waals surface area (Å²) >= 11 is 1.99. The Morgan fingerprint density at radius 3 is 2.90 bits per heavy atom. The lowest BCUT2D eigenvalue weighted by Crippen LogP contribution is -2.51. The molecular formula is C17H26N2OS. The first-order valence-corrected chi connectivity index (χ1v) is 9.37. The summed E-state index contributed by atoms with van der Waals surface area (Å²) in [6, 6.07) is 6.12. The van der Waals surface area contributed by atoms with E-state index in [0.717, 1.165) is 32.3 Å². The van der Waals surface area contributed by atoms with Crippen molar-refractivity contribution in [2.75, 3.05) is 13.2 Å². The van der Waals surface area contributed by atoms with Crippen LogP contribution in [-0.2, 0) is 17.8 Å². The minimum atomic E-state index is 0.503. The third kappa shape index (κ3) is 3.50. The van der Waals surface area contributed by atoms with Gasteiger partial charge in [-0.05, 0) is 37.8 Å². The molecule has 3 fully saturated rings. The van der Waals surface area contributed by atoms with Crippen LogP contribution in [0.4, 0.5) is 0 Å². The molecule has 2 atom stereocenters. The predicted molar refractivity (Wildman–Crippen MR) is 86.6 cm³/mol. The Bertz CT molecular complexity index is 469. The molecule has 2 heterocycles. The van der Waals surface area contributed by atoms with E-state index in [1.807, 2.05) is 11.3 Å². The molecule has 4 rings (SSSR count). The topological polar surface area (TPSA) is 24.5 Å². The van der Waals surface area contributed by atoms with Crippen molar-refractivity contribution in [3.05, 3.63) is 21.9 Å². The van der Waals surface area contributed by atoms with Gasteiger partial charge in [0.2, 0.25) is 0 Å². The van der Waals surface area contributed by atoms with Crippen molar-refractivity contribution in [2.24, 2.45) is 0 Å². The molecule has 1 aromatic rings. The van der Waals surface area contributed by atoms with Crippen LogP contribution in [0.5, 0.6) is 0 Å². The second kappa shape index (κ2) is 6.37. The molecule has 3 nitrogen and oxygen atoms in total. The Morgan fingerprint density at radius 2 is 2.00 bits per heavy atom. The number of rotatable bonds is 5. The van der Waals surface area contributed by atoms with Gasteiger partial charge in [-0.3, -0.25) is 4.90 Å². The molecule has 0 spiro atoms. The number of ether oxygens (including phenoxy) is 1. The highest BCUT2D eigenvalue weighted by atomic mass is 32.1. The molecule has 1 N–H and O–H groups in total. The van der Waals surface area contributed by atoms with E-state index in [1.54, 1.807) is 0 Å². The van der Waals surface area contributed by atoms with Gasteiger partial charge in [0.05, 0.1) is 12.7 Å². The normalized spacial score (nSPS) is 30.3. The molecule has 2 aliphatic carbocycles. The average molecular weight is 306 g/mol. The van der Waals surface area contributed by atoms with Gasteiger partial charge in [0.25, 0.3) is 0 Å². The van der Waals surface area contributed by atoms with Crippen LogP contribution in [0.15, 0.2) is 12.1 Å². The van der Waals surface area contributed by atoms with Crippen molar-refractivity contribution in [3.8, 4) is 0 Å². The van der Waals surface area contributed by atoms with Crippen LogP contribution in [0.3, 0.4) is 0 Å². The van der Waals surface area contributed by atoms with E-state index >= 15 is 0 Å². The predicted octanol–water partition coefficient (Wildman–Crippen LogP) is 3.14. The molecule has 0 radical (unpaired) electrons. The van der Waals surface area contributed by atoms with E-state index in [2.05, 4.69) is 22.3 Å². The molecule has 2 saturated carbocycles. The first kappa shape index (κ1) is 14.2. The Morgan fingerprint density at radius 1 is 1.14 bits per heavy atom. The molecule has 1 saturated heterocycles. The molecule has 2 unspecified atom stereocenters. The quantitative estimate of drug-likeness (QED) is 0.904. The molecule has 4 heteroatoms. The Kier molecular flexibility index (Phi) is 4.30. The number of thiophene rings is 1. The Labute approximate surface area is 131 Å². The Hall–Kier alpha value is -0.420. The zero-order valence-corrected chi connectivity index (χ0v) is 13.5. The first-order valence-electron chi connectivity index (χ1n) is 8.55. The molecule has 0 aromatic carbocycles. The number of morpholine rings is 1. The van der Waals surface area contributed by atoms with E-state index in [0.29, 0.717) is 12.1 Å². The second-order valence-electron chi connectivity index (χ2n) is 6.75. The van der Waals surface area contributed by atoms with E-state index < -0.39 is 0 Å². The van der Waals surface area contributed by atoms with Gasteiger partial charge in [0, 0.05) is 41.5 Å². The van der Waals surface area contributed by atoms with Gasteiger partial charge in [-0.2, -0.15) is 0 Å². The van der Waals surface area contributed by atoms with Crippen LogP contribution in [0.1, 0.15) is 48.3 Å². The minimum absolute atomic E-state index is 0.503. The van der Waals surface area contributed by atoms with Crippen LogP contribution in [0, 0.1) is 0 Å². The van der Waals surface area contributed by atoms with Crippen LogP contribution >= 0.6 is 11.3 Å². The summed E-state index contributed by atoms with van der Waals surface area (Å²) in [6.45, 7) is 4.21. The van der Waals surface area contributed by atoms with Gasteiger partial charge in [0.15, 0.2) is 0 Å². The first-order chi connectivity index (χ1) is 10.4. The van der Waals surface area contributed by atoms with Gasteiger partial charge in [-0.15, -0.1) is 11.3 Å². The highest BCUT2D eigenvalue weighted by molar-refractivity contribution is 7.11. The summed E-state index contributed by atoms with van der Waals surface area (Å²) in [5, 5.41) is 3.61. The second-order valence-corrected chi connectivity index (χ2v) is 8.01. The van der Waals surface area contributed by atoms with E-state index in [9.17, 15) is 0 Å². The van der Waals surface area contributed by atoms with Gasteiger partial charge >= 0.3 is 0 Å². The van der Waals surface area contributed by atoms with Crippen molar-refractivity contribution < 1.29 is 4.74 Å². The van der Waals surface area contributed by atoms with Gasteiger partial charge in [-0.1, -0.05) is 12.8 Å². The monoisotopic (exact) mass is 306 g/mol. The third-order valence-electron chi connectivity index (χ3n) is 5.07. The summed E-state index contributed by atoms with van der Waals surface area (Å²) in [5.41, 5.74) is 0. The summed E-state index contributed by atoms with van der Waals surface area (Å²) in [4.78, 5) is 5.69. The van der Waals surface area contributed by atoms with Gasteiger partial charge in [0.1, 0.15) is 0 Å². The van der Waals surface area contributed by atoms with Crippen molar-refractivity contribution in [1.82, 2.24) is 10.2 Å². The SMILES string of the molecule is c1cc(CN2CCOC3CCCCC32)sc1CNC1CC1. The smallest absolute Gasteiger partial charge is 0.0731 e. The van der Waals surface area contributed by atoms with Crippen molar-refractivity contribution in [3.63, 3.8) is 0 Å². The number of fused-ring (bicyclic) bond motifs is 1. The highest BCUT2D eigenvalue weighted by Crippen LogP contribution is 2.30. The Balaban J connectivity index is 1.35. The zero-order valence-electron chi connectivity index (χ0n) is 12.7. The lowest BCUT2D eigenvalue weighted by Gasteiger charge is -2.43. The maximum Gasteiger partial charge on any atom is 0.0731 e. The fraction of sp³-hybridized carbons (Fsp3) is 0.765. The van der Waals surface area contributed by atoms with E-state index in [-0.39, 0.29) is 0 Å². The highest BCUT2D eigenvalue weighted by Gasteiger charge is 2.34. The molecule has 116 valence electrons. The van der Waals surface area contributed by atoms with Crippen molar-refractivity contribution in [2.45, 2.75) is 69.8 Å². The maximum absolute atomic E-state index is 5.98. The van der Waals surface area contributed by atoms with E-state index in [4.69, 9.17) is 4.74 Å². The van der Waals surface area contributed by atoms with E-state index in [1.165, 1.54) is 48.3 Å². The number of nitrogens with one attached hydrogen (secondary N) is 1. The standard InChI is InChI=1S/C17H26N2OS/c1-2-4-17-16(3-1)19(9-10-20-17)12-15-8-7-14(21-15)11-18-13-5-6-13/h7-8,13,16-18H,1-6,9-12H2. The molecular weight excluding hydrogens is 280 g/mol. The number of hydrogen-bond acceptors (Lipinski definition) is 4. The molecule has 3 aliphatic rings. The van der Waals surface area contributed by atoms with Crippen LogP contribution in [0.2, 0.25) is 0 Å². The fourth-order valence-corrected chi connectivity index (χ4v) is 4.70. The summed E-state index contributed by atoms with van der Waals surface area (Å²) in [5.74, 6) is 0. The lowest BCUT2D eigenvalue weighted by molar-refractivity contribution is -0.0908. The van der Waals surface area contributed by atoms with Crippen LogP contribution in [-0.4, -0.2) is 36.2 Å². The number of hydrogen-bond donors (Lipinski definition) is 1. The van der Waals surface area contributed by atoms with Gasteiger partial charge < -0.3 is 10.1 Å². The molecule has 0 bridgehead atoms. The third-order valence-corrected chi connectivity index (χ3v) is 6.14. The zero-order chi connectivity index (χ0) is 14.1. The van der Waals surface area contributed by atoms with Crippen LogP contribution < -0.4 is 5.32 Å². The van der Waals surface area contributed by atoms with Crippen molar-refractivity contribution >= 4 is 11.3 Å². The average Bonchev–Trinajstić information content (AvgIpc) is 3.25. The maximum atomic E-state index is 5.98. The lowest BCUT2D eigenvalue weighted by atomic mass is 9.90. The fourth-order valence-electron chi connectivity index (χ4n) is 3.71. The molecule has 1 aliphatic heterocycles.